The molecule has 1 N–H and O–H groups in total. The van der Waals surface area contributed by atoms with Crippen LogP contribution in [-0.2, 0) is 9.53 Å². The molecular weight excluding hydrogens is 300 g/mol. The number of benzene rings is 1. The number of anilines is 1. The van der Waals surface area contributed by atoms with E-state index in [1.165, 1.54) is 0 Å². The van der Waals surface area contributed by atoms with E-state index >= 15 is 0 Å². The Morgan fingerprint density at radius 3 is 2.87 bits per heavy atom. The highest BCUT2D eigenvalue weighted by atomic mass is 16.7. The first kappa shape index (κ1) is 15.9. The Morgan fingerprint density at radius 1 is 1.35 bits per heavy atom. The van der Waals surface area contributed by atoms with Crippen molar-refractivity contribution in [2.24, 2.45) is 0 Å². The average Bonchev–Trinajstić information content (AvgIpc) is 3.01. The molecule has 1 atom stereocenters. The van der Waals surface area contributed by atoms with Crippen LogP contribution in [0.15, 0.2) is 12.1 Å². The van der Waals surface area contributed by atoms with Gasteiger partial charge in [-0.15, -0.1) is 0 Å². The van der Waals surface area contributed by atoms with E-state index in [0.717, 1.165) is 25.9 Å². The quantitative estimate of drug-likeness (QED) is 0.885. The Hall–Kier alpha value is -1.99. The van der Waals surface area contributed by atoms with Crippen molar-refractivity contribution in [3.8, 4) is 17.2 Å². The average molecular weight is 322 g/mol. The molecule has 0 saturated carbocycles. The lowest BCUT2D eigenvalue weighted by Crippen LogP contribution is -2.43. The molecule has 2 heterocycles. The van der Waals surface area contributed by atoms with E-state index in [4.69, 9.17) is 18.9 Å². The standard InChI is InChI=1S/C16H22N2O5/c1-20-11-4-3-5-18(8-11)9-16(19)17-12-6-14-15(23-10-22-14)7-13(12)21-2/h6-7,11H,3-5,8-10H2,1-2H3,(H,17,19). The highest BCUT2D eigenvalue weighted by molar-refractivity contribution is 5.94. The molecular formula is C16H22N2O5. The molecule has 2 aliphatic heterocycles. The van der Waals surface area contributed by atoms with Crippen LogP contribution >= 0.6 is 0 Å². The first-order valence-corrected chi connectivity index (χ1v) is 7.72. The number of piperidine rings is 1. The fraction of sp³-hybridized carbons (Fsp3) is 0.562. The molecule has 2 aliphatic rings. The predicted octanol–water partition coefficient (Wildman–Crippen LogP) is 1.47. The molecule has 1 unspecified atom stereocenters. The third kappa shape index (κ3) is 3.68. The van der Waals surface area contributed by atoms with Gasteiger partial charge in [0.1, 0.15) is 5.75 Å². The third-order valence-corrected chi connectivity index (χ3v) is 4.13. The number of methoxy groups -OCH3 is 2. The minimum absolute atomic E-state index is 0.0843. The maximum atomic E-state index is 12.3. The summed E-state index contributed by atoms with van der Waals surface area (Å²) in [6.07, 6.45) is 2.29. The second-order valence-electron chi connectivity index (χ2n) is 5.69. The van der Waals surface area contributed by atoms with Crippen molar-refractivity contribution in [1.82, 2.24) is 4.90 Å². The van der Waals surface area contributed by atoms with Crippen LogP contribution in [0, 0.1) is 0 Å². The number of fused-ring (bicyclic) bond motifs is 1. The molecule has 1 fully saturated rings. The van der Waals surface area contributed by atoms with E-state index in [9.17, 15) is 4.79 Å². The number of nitrogens with one attached hydrogen (secondary N) is 1. The largest absolute Gasteiger partial charge is 0.494 e. The number of carbonyl (C=O) groups is 1. The highest BCUT2D eigenvalue weighted by Gasteiger charge is 2.23. The van der Waals surface area contributed by atoms with Gasteiger partial charge < -0.3 is 24.3 Å². The Morgan fingerprint density at radius 2 is 2.13 bits per heavy atom. The maximum absolute atomic E-state index is 12.3. The van der Waals surface area contributed by atoms with Gasteiger partial charge in [0, 0.05) is 25.8 Å². The van der Waals surface area contributed by atoms with E-state index in [2.05, 4.69) is 10.2 Å². The summed E-state index contributed by atoms with van der Waals surface area (Å²) in [5, 5.41) is 2.89. The first-order valence-electron chi connectivity index (χ1n) is 7.72. The Bertz CT molecular complexity index is 578. The minimum Gasteiger partial charge on any atom is -0.494 e. The normalized spacial score (nSPS) is 20.3. The van der Waals surface area contributed by atoms with E-state index in [0.29, 0.717) is 29.5 Å². The molecule has 0 spiro atoms. The number of nitrogens with zero attached hydrogens (tertiary/aromatic N) is 1. The van der Waals surface area contributed by atoms with Gasteiger partial charge >= 0.3 is 0 Å². The van der Waals surface area contributed by atoms with Gasteiger partial charge in [0.05, 0.1) is 25.4 Å². The minimum atomic E-state index is -0.0843. The van der Waals surface area contributed by atoms with Crippen LogP contribution in [0.5, 0.6) is 17.2 Å². The van der Waals surface area contributed by atoms with Crippen LogP contribution in [-0.4, -0.2) is 57.6 Å². The topological polar surface area (TPSA) is 69.3 Å². The molecule has 7 heteroatoms. The maximum Gasteiger partial charge on any atom is 0.238 e. The second kappa shape index (κ2) is 7.06. The van der Waals surface area contributed by atoms with Gasteiger partial charge in [-0.05, 0) is 19.4 Å². The van der Waals surface area contributed by atoms with E-state index in [-0.39, 0.29) is 18.8 Å². The summed E-state index contributed by atoms with van der Waals surface area (Å²) in [6, 6.07) is 3.45. The van der Waals surface area contributed by atoms with E-state index < -0.39 is 0 Å². The van der Waals surface area contributed by atoms with Gasteiger partial charge in [-0.2, -0.15) is 0 Å². The van der Waals surface area contributed by atoms with E-state index in [1.54, 1.807) is 26.4 Å². The molecule has 0 aromatic heterocycles. The molecule has 1 aromatic rings. The lowest BCUT2D eigenvalue weighted by atomic mass is 10.1. The Kier molecular flexibility index (Phi) is 4.88. The SMILES string of the molecule is COc1cc2c(cc1NC(=O)CN1CCCC(OC)C1)OCO2. The van der Waals surface area contributed by atoms with E-state index in [1.807, 2.05) is 0 Å². The first-order chi connectivity index (χ1) is 11.2. The zero-order chi connectivity index (χ0) is 16.2. The number of ether oxygens (including phenoxy) is 4. The van der Waals surface area contributed by atoms with Gasteiger partial charge in [-0.3, -0.25) is 9.69 Å². The molecule has 1 amide bonds. The lowest BCUT2D eigenvalue weighted by molar-refractivity contribution is -0.118. The molecule has 0 bridgehead atoms. The van der Waals surface area contributed by atoms with Crippen LogP contribution in [0.2, 0.25) is 0 Å². The zero-order valence-electron chi connectivity index (χ0n) is 13.5. The molecule has 1 aromatic carbocycles. The van der Waals surface area contributed by atoms with Gasteiger partial charge in [0.25, 0.3) is 0 Å². The monoisotopic (exact) mass is 322 g/mol. The van der Waals surface area contributed by atoms with Gasteiger partial charge in [-0.1, -0.05) is 0 Å². The number of hydrogen-bond acceptors (Lipinski definition) is 6. The number of likely N-dealkylation sites (tertiary alicyclic amines) is 1. The van der Waals surface area contributed by atoms with Gasteiger partial charge in [0.2, 0.25) is 12.7 Å². The summed E-state index contributed by atoms with van der Waals surface area (Å²) in [6.45, 7) is 2.20. The van der Waals surface area contributed by atoms with Gasteiger partial charge in [-0.25, -0.2) is 0 Å². The van der Waals surface area contributed by atoms with Gasteiger partial charge in [0.15, 0.2) is 11.5 Å². The van der Waals surface area contributed by atoms with Crippen LogP contribution < -0.4 is 19.5 Å². The Labute approximate surface area is 135 Å². The van der Waals surface area contributed by atoms with Crippen LogP contribution in [0.25, 0.3) is 0 Å². The fourth-order valence-electron chi connectivity index (χ4n) is 2.93. The smallest absolute Gasteiger partial charge is 0.238 e. The van der Waals surface area contributed by atoms with Crippen molar-refractivity contribution >= 4 is 11.6 Å². The van der Waals surface area contributed by atoms with Crippen molar-refractivity contribution in [1.29, 1.82) is 0 Å². The van der Waals surface area contributed by atoms with Crippen molar-refractivity contribution in [3.63, 3.8) is 0 Å². The Balaban J connectivity index is 1.63. The summed E-state index contributed by atoms with van der Waals surface area (Å²) >= 11 is 0. The number of rotatable bonds is 5. The summed E-state index contributed by atoms with van der Waals surface area (Å²) in [7, 11) is 3.27. The second-order valence-corrected chi connectivity index (χ2v) is 5.69. The molecule has 0 aliphatic carbocycles. The highest BCUT2D eigenvalue weighted by Crippen LogP contribution is 2.40. The van der Waals surface area contributed by atoms with Crippen molar-refractivity contribution in [2.45, 2.75) is 18.9 Å². The van der Waals surface area contributed by atoms with Crippen LogP contribution in [0.3, 0.4) is 0 Å². The van der Waals surface area contributed by atoms with Crippen molar-refractivity contribution in [2.75, 3.05) is 46.0 Å². The summed E-state index contributed by atoms with van der Waals surface area (Å²) in [4.78, 5) is 14.4. The zero-order valence-corrected chi connectivity index (χ0v) is 13.5. The molecule has 23 heavy (non-hydrogen) atoms. The van der Waals surface area contributed by atoms with Crippen molar-refractivity contribution in [3.05, 3.63) is 12.1 Å². The number of carbonyl (C=O) groups excluding carboxylic acids is 1. The summed E-state index contributed by atoms with van der Waals surface area (Å²) in [5.41, 5.74) is 0.585. The van der Waals surface area contributed by atoms with Crippen LogP contribution in [0.4, 0.5) is 5.69 Å². The predicted molar refractivity (Wildman–Crippen MR) is 84.2 cm³/mol. The molecule has 7 nitrogen and oxygen atoms in total. The molecule has 3 rings (SSSR count). The number of amides is 1. The molecule has 0 radical (unpaired) electrons. The fourth-order valence-corrected chi connectivity index (χ4v) is 2.93. The third-order valence-electron chi connectivity index (χ3n) is 4.13. The summed E-state index contributed by atoms with van der Waals surface area (Å²) in [5.74, 6) is 1.70. The lowest BCUT2D eigenvalue weighted by Gasteiger charge is -2.31. The van der Waals surface area contributed by atoms with Crippen LogP contribution in [0.1, 0.15) is 12.8 Å². The summed E-state index contributed by atoms with van der Waals surface area (Å²) < 4.78 is 21.3. The van der Waals surface area contributed by atoms with Crippen molar-refractivity contribution < 1.29 is 23.7 Å². The number of hydrogen-bond donors (Lipinski definition) is 1. The molecule has 126 valence electrons. The molecule has 1 saturated heterocycles.